The molecular weight excluding hydrogens is 238 g/mol. The molecule has 3 nitrogen and oxygen atoms in total. The summed E-state index contributed by atoms with van der Waals surface area (Å²) in [6, 6.07) is 13.5. The van der Waals surface area contributed by atoms with E-state index in [2.05, 4.69) is 5.32 Å². The van der Waals surface area contributed by atoms with E-state index in [4.69, 9.17) is 5.11 Å². The number of aliphatic hydroxyl groups is 1. The van der Waals surface area contributed by atoms with Gasteiger partial charge in [-0.1, -0.05) is 29.8 Å². The molecular formula is C16H19NO2. The van der Waals surface area contributed by atoms with E-state index in [-0.39, 0.29) is 6.61 Å². The first-order chi connectivity index (χ1) is 9.19. The molecule has 0 aromatic heterocycles. The molecule has 2 rings (SSSR count). The predicted octanol–water partition coefficient (Wildman–Crippen LogP) is 2.85. The second-order valence-electron chi connectivity index (χ2n) is 4.66. The van der Waals surface area contributed by atoms with Gasteiger partial charge in [0.1, 0.15) is 5.75 Å². The number of hydrogen-bond acceptors (Lipinski definition) is 3. The number of phenols is 1. The second-order valence-corrected chi connectivity index (χ2v) is 4.66. The van der Waals surface area contributed by atoms with Gasteiger partial charge in [-0.3, -0.25) is 0 Å². The highest BCUT2D eigenvalue weighted by Gasteiger charge is 2.01. The summed E-state index contributed by atoms with van der Waals surface area (Å²) in [5.41, 5.74) is 4.14. The minimum Gasteiger partial charge on any atom is -0.508 e. The molecule has 0 aliphatic rings. The summed E-state index contributed by atoms with van der Waals surface area (Å²) in [4.78, 5) is 0. The Labute approximate surface area is 113 Å². The summed E-state index contributed by atoms with van der Waals surface area (Å²) >= 11 is 0. The van der Waals surface area contributed by atoms with Crippen molar-refractivity contribution in [3.05, 3.63) is 59.2 Å². The van der Waals surface area contributed by atoms with Crippen molar-refractivity contribution in [3.63, 3.8) is 0 Å². The zero-order chi connectivity index (χ0) is 13.7. The fraction of sp³-hybridized carbons (Fsp3) is 0.250. The number of aryl methyl sites for hydroxylation is 1. The number of aromatic hydroxyl groups is 1. The molecule has 0 bridgehead atoms. The Bertz CT molecular complexity index is 535. The van der Waals surface area contributed by atoms with Gasteiger partial charge in [0.2, 0.25) is 0 Å². The average Bonchev–Trinajstić information content (AvgIpc) is 2.42. The zero-order valence-corrected chi connectivity index (χ0v) is 11.1. The number of nitrogens with one attached hydrogen (secondary N) is 1. The Morgan fingerprint density at radius 3 is 2.47 bits per heavy atom. The van der Waals surface area contributed by atoms with Crippen LogP contribution in [0.2, 0.25) is 0 Å². The smallest absolute Gasteiger partial charge is 0.120 e. The highest BCUT2D eigenvalue weighted by Crippen LogP contribution is 2.20. The van der Waals surface area contributed by atoms with Crippen molar-refractivity contribution < 1.29 is 10.2 Å². The summed E-state index contributed by atoms with van der Waals surface area (Å²) in [5, 5.41) is 21.9. The molecule has 0 radical (unpaired) electrons. The third-order valence-corrected chi connectivity index (χ3v) is 3.07. The standard InChI is InChI=1S/C16H19NO2/c1-12-2-7-16(19)14(10-12)11-17-15-5-3-13(4-6-15)8-9-18/h2-7,10,17-19H,8-9,11H2,1H3. The molecule has 0 unspecified atom stereocenters. The van der Waals surface area contributed by atoms with Crippen LogP contribution in [0.25, 0.3) is 0 Å². The fourth-order valence-corrected chi connectivity index (χ4v) is 1.97. The van der Waals surface area contributed by atoms with Crippen LogP contribution in [0.4, 0.5) is 5.69 Å². The van der Waals surface area contributed by atoms with E-state index in [1.54, 1.807) is 6.07 Å². The molecule has 2 aromatic carbocycles. The average molecular weight is 257 g/mol. The molecule has 0 saturated carbocycles. The largest absolute Gasteiger partial charge is 0.508 e. The SMILES string of the molecule is Cc1ccc(O)c(CNc2ccc(CCO)cc2)c1. The van der Waals surface area contributed by atoms with E-state index in [0.29, 0.717) is 18.7 Å². The third-order valence-electron chi connectivity index (χ3n) is 3.07. The summed E-state index contributed by atoms with van der Waals surface area (Å²) in [6.07, 6.45) is 0.680. The van der Waals surface area contributed by atoms with Crippen LogP contribution >= 0.6 is 0 Å². The van der Waals surface area contributed by atoms with E-state index in [0.717, 1.165) is 22.4 Å². The van der Waals surface area contributed by atoms with Gasteiger partial charge in [0.15, 0.2) is 0 Å². The van der Waals surface area contributed by atoms with Crippen LogP contribution in [-0.4, -0.2) is 16.8 Å². The summed E-state index contributed by atoms with van der Waals surface area (Å²) in [7, 11) is 0. The van der Waals surface area contributed by atoms with Gasteiger partial charge < -0.3 is 15.5 Å². The quantitative estimate of drug-likeness (QED) is 0.772. The highest BCUT2D eigenvalue weighted by molar-refractivity contribution is 5.46. The van der Waals surface area contributed by atoms with Crippen LogP contribution in [-0.2, 0) is 13.0 Å². The predicted molar refractivity (Wildman–Crippen MR) is 77.4 cm³/mol. The van der Waals surface area contributed by atoms with Gasteiger partial charge in [-0.05, 0) is 37.1 Å². The molecule has 19 heavy (non-hydrogen) atoms. The minimum absolute atomic E-state index is 0.171. The maximum Gasteiger partial charge on any atom is 0.120 e. The number of hydrogen-bond donors (Lipinski definition) is 3. The Kier molecular flexibility index (Phi) is 4.42. The molecule has 0 heterocycles. The molecule has 3 N–H and O–H groups in total. The van der Waals surface area contributed by atoms with Crippen LogP contribution in [0.5, 0.6) is 5.75 Å². The van der Waals surface area contributed by atoms with Gasteiger partial charge >= 0.3 is 0 Å². The van der Waals surface area contributed by atoms with E-state index in [9.17, 15) is 5.11 Å². The van der Waals surface area contributed by atoms with Gasteiger partial charge in [-0.2, -0.15) is 0 Å². The normalized spacial score (nSPS) is 10.4. The molecule has 0 aliphatic heterocycles. The molecule has 0 fully saturated rings. The van der Waals surface area contributed by atoms with Crippen LogP contribution in [0.3, 0.4) is 0 Å². The van der Waals surface area contributed by atoms with Gasteiger partial charge in [0.25, 0.3) is 0 Å². The lowest BCUT2D eigenvalue weighted by atomic mass is 10.1. The van der Waals surface area contributed by atoms with Crippen LogP contribution in [0.15, 0.2) is 42.5 Å². The Balaban J connectivity index is 2.00. The molecule has 0 aliphatic carbocycles. The van der Waals surface area contributed by atoms with Crippen molar-refractivity contribution in [1.82, 2.24) is 0 Å². The fourth-order valence-electron chi connectivity index (χ4n) is 1.97. The molecule has 100 valence electrons. The van der Waals surface area contributed by atoms with Gasteiger partial charge in [-0.15, -0.1) is 0 Å². The van der Waals surface area contributed by atoms with E-state index in [1.807, 2.05) is 43.3 Å². The Morgan fingerprint density at radius 2 is 1.79 bits per heavy atom. The lowest BCUT2D eigenvalue weighted by molar-refractivity contribution is 0.299. The molecule has 2 aromatic rings. The summed E-state index contributed by atoms with van der Waals surface area (Å²) in [5.74, 6) is 0.315. The lowest BCUT2D eigenvalue weighted by Gasteiger charge is -2.09. The topological polar surface area (TPSA) is 52.5 Å². The van der Waals surface area contributed by atoms with E-state index >= 15 is 0 Å². The van der Waals surface area contributed by atoms with Crippen molar-refractivity contribution in [2.75, 3.05) is 11.9 Å². The molecule has 0 saturated heterocycles. The van der Waals surface area contributed by atoms with Gasteiger partial charge in [0, 0.05) is 24.4 Å². The number of benzene rings is 2. The van der Waals surface area contributed by atoms with Crippen LogP contribution in [0, 0.1) is 6.92 Å². The maximum atomic E-state index is 9.76. The monoisotopic (exact) mass is 257 g/mol. The number of rotatable bonds is 5. The Hall–Kier alpha value is -2.00. The molecule has 0 amide bonds. The van der Waals surface area contributed by atoms with Gasteiger partial charge in [-0.25, -0.2) is 0 Å². The van der Waals surface area contributed by atoms with Crippen molar-refractivity contribution in [3.8, 4) is 5.75 Å². The van der Waals surface area contributed by atoms with Crippen molar-refractivity contribution in [2.45, 2.75) is 19.9 Å². The lowest BCUT2D eigenvalue weighted by Crippen LogP contribution is -2.00. The zero-order valence-electron chi connectivity index (χ0n) is 11.1. The van der Waals surface area contributed by atoms with Crippen molar-refractivity contribution in [2.24, 2.45) is 0 Å². The summed E-state index contributed by atoms with van der Waals surface area (Å²) in [6.45, 7) is 2.77. The minimum atomic E-state index is 0.171. The first-order valence-corrected chi connectivity index (χ1v) is 6.41. The molecule has 0 atom stereocenters. The van der Waals surface area contributed by atoms with Crippen molar-refractivity contribution in [1.29, 1.82) is 0 Å². The van der Waals surface area contributed by atoms with Crippen LogP contribution < -0.4 is 5.32 Å². The number of anilines is 1. The van der Waals surface area contributed by atoms with Crippen molar-refractivity contribution >= 4 is 5.69 Å². The maximum absolute atomic E-state index is 9.76. The first-order valence-electron chi connectivity index (χ1n) is 6.41. The van der Waals surface area contributed by atoms with E-state index in [1.165, 1.54) is 0 Å². The number of aliphatic hydroxyl groups excluding tert-OH is 1. The summed E-state index contributed by atoms with van der Waals surface area (Å²) < 4.78 is 0. The first kappa shape index (κ1) is 13.4. The third kappa shape index (κ3) is 3.73. The second kappa shape index (κ2) is 6.25. The van der Waals surface area contributed by atoms with Crippen LogP contribution in [0.1, 0.15) is 16.7 Å². The number of phenolic OH excluding ortho intramolecular Hbond substituents is 1. The highest BCUT2D eigenvalue weighted by atomic mass is 16.3. The van der Waals surface area contributed by atoms with Gasteiger partial charge in [0.05, 0.1) is 0 Å². The van der Waals surface area contributed by atoms with E-state index < -0.39 is 0 Å². The molecule has 0 spiro atoms. The Morgan fingerprint density at radius 1 is 1.05 bits per heavy atom. The molecule has 3 heteroatoms.